The molecule has 0 unspecified atom stereocenters. The molecule has 0 aromatic carbocycles. The Morgan fingerprint density at radius 1 is 0.630 bits per heavy atom. The van der Waals surface area contributed by atoms with Crippen molar-refractivity contribution in [3.8, 4) is 0 Å². The van der Waals surface area contributed by atoms with Gasteiger partial charge in [0.05, 0.1) is 0 Å². The van der Waals surface area contributed by atoms with E-state index in [0.717, 1.165) is 0 Å². The summed E-state index contributed by atoms with van der Waals surface area (Å²) < 4.78 is 0. The summed E-state index contributed by atoms with van der Waals surface area (Å²) in [6, 6.07) is 0. The quantitative estimate of drug-likeness (QED) is 0.107. The molecule has 0 aromatic heterocycles. The van der Waals surface area contributed by atoms with E-state index in [9.17, 15) is 0 Å². The van der Waals surface area contributed by atoms with E-state index in [1.54, 1.807) is 0 Å². The van der Waals surface area contributed by atoms with Gasteiger partial charge in [-0.25, -0.2) is 0 Å². The maximum atomic E-state index is 7.56. The van der Waals surface area contributed by atoms with Gasteiger partial charge in [-0.1, -0.05) is 64.5 Å². The fourth-order valence-electron chi connectivity index (χ4n) is 1.43. The standard InChI is InChI=1S/2C8H16.2H3O3PS.Zn/c2*1-3-5-7-8-6-4-2;2*1-4(2,3)5;/h2*3H,1,4-8H2,2H3;2*(H3,1,2,3,5);. The molecule has 27 heavy (non-hydrogen) atoms. The van der Waals surface area contributed by atoms with Crippen molar-refractivity contribution in [1.82, 2.24) is 0 Å². The zero-order valence-corrected chi connectivity index (χ0v) is 23.1. The van der Waals surface area contributed by atoms with Gasteiger partial charge >= 0.3 is 13.4 Å². The van der Waals surface area contributed by atoms with Gasteiger partial charge in [0.2, 0.25) is 0 Å². The van der Waals surface area contributed by atoms with E-state index in [1.165, 1.54) is 64.2 Å². The van der Waals surface area contributed by atoms with Gasteiger partial charge in [-0.2, -0.15) is 0 Å². The Kier molecular flexibility index (Phi) is 42.1. The molecule has 6 N–H and O–H groups in total. The van der Waals surface area contributed by atoms with E-state index >= 15 is 0 Å². The van der Waals surface area contributed by atoms with Crippen LogP contribution in [0.15, 0.2) is 25.3 Å². The van der Waals surface area contributed by atoms with Gasteiger partial charge in [0, 0.05) is 19.5 Å². The summed E-state index contributed by atoms with van der Waals surface area (Å²) in [6.45, 7) is 4.17. The molecule has 0 rings (SSSR count). The summed E-state index contributed by atoms with van der Waals surface area (Å²) in [4.78, 5) is 45.3. The summed E-state index contributed by atoms with van der Waals surface area (Å²) in [5.41, 5.74) is 0. The normalized spacial score (nSPS) is 9.78. The molecule has 0 aliphatic carbocycles. The van der Waals surface area contributed by atoms with E-state index in [-0.39, 0.29) is 19.5 Å². The SMILES string of the molecule is C=CCCCCCC.C=CCCCCCC.OP(O)(O)=S.OP(O)(O)=S.[Zn]. The van der Waals surface area contributed by atoms with E-state index in [0.29, 0.717) is 0 Å². The van der Waals surface area contributed by atoms with E-state index < -0.39 is 13.4 Å². The second-order valence-corrected chi connectivity index (χ2v) is 10.3. The number of unbranched alkanes of at least 4 members (excludes halogenated alkanes) is 8. The van der Waals surface area contributed by atoms with E-state index in [1.807, 2.05) is 12.2 Å². The van der Waals surface area contributed by atoms with Crippen LogP contribution in [0.1, 0.15) is 78.1 Å². The molecular weight excluding hydrogens is 480 g/mol. The molecule has 0 spiro atoms. The van der Waals surface area contributed by atoms with Gasteiger partial charge in [-0.05, 0) is 49.3 Å². The Morgan fingerprint density at radius 3 is 1.00 bits per heavy atom. The molecule has 0 atom stereocenters. The van der Waals surface area contributed by atoms with Crippen molar-refractivity contribution in [2.24, 2.45) is 0 Å². The zero-order valence-electron chi connectivity index (χ0n) is 16.7. The Hall–Kier alpha value is 1.16. The predicted octanol–water partition coefficient (Wildman–Crippen LogP) is 4.66. The first kappa shape index (κ1) is 38.7. The summed E-state index contributed by atoms with van der Waals surface area (Å²) >= 11 is 7.21. The third-order valence-corrected chi connectivity index (χ3v) is 2.52. The van der Waals surface area contributed by atoms with Crippen LogP contribution in [0.3, 0.4) is 0 Å². The van der Waals surface area contributed by atoms with Gasteiger partial charge < -0.3 is 29.4 Å². The van der Waals surface area contributed by atoms with Crippen LogP contribution in [-0.4, -0.2) is 29.4 Å². The third kappa shape index (κ3) is 138. The molecule has 0 saturated heterocycles. The molecule has 0 amide bonds. The van der Waals surface area contributed by atoms with Gasteiger partial charge in [0.1, 0.15) is 0 Å². The van der Waals surface area contributed by atoms with Gasteiger partial charge in [-0.3, -0.25) is 0 Å². The molecule has 0 radical (unpaired) electrons. The Labute approximate surface area is 188 Å². The van der Waals surface area contributed by atoms with Crippen LogP contribution in [0.2, 0.25) is 0 Å². The van der Waals surface area contributed by atoms with Crippen LogP contribution in [0, 0.1) is 0 Å². The number of rotatable bonds is 10. The molecule has 0 bridgehead atoms. The summed E-state index contributed by atoms with van der Waals surface area (Å²) in [7, 11) is 0. The van der Waals surface area contributed by atoms with Crippen molar-refractivity contribution in [2.45, 2.75) is 78.1 Å². The van der Waals surface area contributed by atoms with Gasteiger partial charge in [0.15, 0.2) is 0 Å². The predicted molar refractivity (Wildman–Crippen MR) is 120 cm³/mol. The molecule has 6 nitrogen and oxygen atoms in total. The molecule has 0 aliphatic rings. The van der Waals surface area contributed by atoms with Crippen molar-refractivity contribution in [1.29, 1.82) is 0 Å². The third-order valence-electron chi connectivity index (χ3n) is 2.52. The maximum Gasteiger partial charge on any atom is 0.319 e. The maximum absolute atomic E-state index is 7.56. The second kappa shape index (κ2) is 29.4. The van der Waals surface area contributed by atoms with Crippen molar-refractivity contribution in [2.75, 3.05) is 0 Å². The van der Waals surface area contributed by atoms with Gasteiger partial charge in [0.25, 0.3) is 0 Å². The molecule has 11 heteroatoms. The van der Waals surface area contributed by atoms with Crippen LogP contribution >= 0.6 is 13.4 Å². The Morgan fingerprint density at radius 2 is 0.852 bits per heavy atom. The number of hydrogen-bond acceptors (Lipinski definition) is 2. The van der Waals surface area contributed by atoms with Crippen LogP contribution in [0.5, 0.6) is 0 Å². The average molecular weight is 518 g/mol. The summed E-state index contributed by atoms with van der Waals surface area (Å²) in [6.07, 6.45) is 17.2. The fourth-order valence-corrected chi connectivity index (χ4v) is 1.43. The molecule has 0 aromatic rings. The largest absolute Gasteiger partial charge is 0.325 e. The first-order chi connectivity index (χ1) is 11.8. The zero-order chi connectivity index (χ0) is 21.5. The number of allylic oxidation sites excluding steroid dienone is 2. The first-order valence-electron chi connectivity index (χ1n) is 8.61. The summed E-state index contributed by atoms with van der Waals surface area (Å²) in [5.74, 6) is 0. The van der Waals surface area contributed by atoms with E-state index in [2.05, 4.69) is 50.6 Å². The Bertz CT molecular complexity index is 337. The molecule has 0 fully saturated rings. The van der Waals surface area contributed by atoms with E-state index in [4.69, 9.17) is 29.4 Å². The van der Waals surface area contributed by atoms with Crippen molar-refractivity contribution < 1.29 is 48.8 Å². The smallest absolute Gasteiger partial charge is 0.319 e. The van der Waals surface area contributed by atoms with Crippen molar-refractivity contribution >= 4 is 37.1 Å². The van der Waals surface area contributed by atoms with Crippen molar-refractivity contribution in [3.05, 3.63) is 25.3 Å². The fraction of sp³-hybridized carbons (Fsp3) is 0.750. The minimum absolute atomic E-state index is 0. The number of hydrogen-bond donors (Lipinski definition) is 6. The minimum Gasteiger partial charge on any atom is -0.325 e. The topological polar surface area (TPSA) is 121 Å². The molecule has 0 heterocycles. The molecule has 0 aliphatic heterocycles. The Balaban J connectivity index is -0.0000000807. The molecular formula is C16H38O6P2S2Zn. The van der Waals surface area contributed by atoms with Crippen LogP contribution < -0.4 is 0 Å². The summed E-state index contributed by atoms with van der Waals surface area (Å²) in [5, 5.41) is 0. The minimum atomic E-state index is -3.81. The average Bonchev–Trinajstić information content (AvgIpc) is 2.46. The van der Waals surface area contributed by atoms with Crippen molar-refractivity contribution in [3.63, 3.8) is 0 Å². The monoisotopic (exact) mass is 516 g/mol. The van der Waals surface area contributed by atoms with Crippen LogP contribution in [-0.2, 0) is 43.1 Å². The first-order valence-corrected chi connectivity index (χ1v) is 13.9. The second-order valence-electron chi connectivity index (χ2n) is 5.30. The molecule has 0 saturated carbocycles. The van der Waals surface area contributed by atoms with Crippen LogP contribution in [0.25, 0.3) is 0 Å². The molecule has 162 valence electrons. The van der Waals surface area contributed by atoms with Gasteiger partial charge in [-0.15, -0.1) is 13.2 Å². The van der Waals surface area contributed by atoms with Crippen LogP contribution in [0.4, 0.5) is 0 Å².